The molecule has 1 aromatic heterocycles. The molecule has 19 heavy (non-hydrogen) atoms. The van der Waals surface area contributed by atoms with Crippen molar-refractivity contribution in [2.24, 2.45) is 0 Å². The van der Waals surface area contributed by atoms with Gasteiger partial charge >= 0.3 is 0 Å². The number of nitrogens with one attached hydrogen (secondary N) is 2. The third-order valence-electron chi connectivity index (χ3n) is 2.60. The molecule has 1 rings (SSSR count). The standard InChI is InChI=1S/C13H18ClN3O2/c1-4-5-10-6-9(7-11(14)17-10)13(19)16-8(2)12(18)15-3/h6-8H,4-5H2,1-3H3,(H,15,18)(H,16,19). The Morgan fingerprint density at radius 1 is 1.42 bits per heavy atom. The van der Waals surface area contributed by atoms with E-state index in [0.29, 0.717) is 5.56 Å². The Morgan fingerprint density at radius 2 is 2.11 bits per heavy atom. The number of pyridine rings is 1. The van der Waals surface area contributed by atoms with Gasteiger partial charge in [-0.3, -0.25) is 9.59 Å². The minimum Gasteiger partial charge on any atom is -0.357 e. The number of halogens is 1. The first-order valence-corrected chi connectivity index (χ1v) is 6.54. The summed E-state index contributed by atoms with van der Waals surface area (Å²) in [4.78, 5) is 27.5. The summed E-state index contributed by atoms with van der Waals surface area (Å²) in [6.45, 7) is 3.64. The lowest BCUT2D eigenvalue weighted by molar-refractivity contribution is -0.122. The number of likely N-dealkylation sites (N-methyl/N-ethyl adjacent to an activating group) is 1. The van der Waals surface area contributed by atoms with Gasteiger partial charge in [0.05, 0.1) is 0 Å². The Labute approximate surface area is 117 Å². The van der Waals surface area contributed by atoms with E-state index in [1.54, 1.807) is 13.0 Å². The highest BCUT2D eigenvalue weighted by molar-refractivity contribution is 6.29. The van der Waals surface area contributed by atoms with Crippen LogP contribution in [0, 0.1) is 0 Å². The first-order valence-electron chi connectivity index (χ1n) is 6.16. The fourth-order valence-electron chi connectivity index (χ4n) is 1.63. The van der Waals surface area contributed by atoms with Crippen molar-refractivity contribution in [2.45, 2.75) is 32.7 Å². The maximum atomic E-state index is 12.0. The highest BCUT2D eigenvalue weighted by Crippen LogP contribution is 2.12. The Hall–Kier alpha value is -1.62. The van der Waals surface area contributed by atoms with Gasteiger partial charge < -0.3 is 10.6 Å². The molecule has 1 aromatic rings. The average molecular weight is 284 g/mol. The highest BCUT2D eigenvalue weighted by atomic mass is 35.5. The van der Waals surface area contributed by atoms with E-state index in [2.05, 4.69) is 15.6 Å². The van der Waals surface area contributed by atoms with Crippen LogP contribution in [0.25, 0.3) is 0 Å². The summed E-state index contributed by atoms with van der Waals surface area (Å²) in [5, 5.41) is 5.36. The zero-order valence-corrected chi connectivity index (χ0v) is 12.0. The van der Waals surface area contributed by atoms with Crippen molar-refractivity contribution in [3.05, 3.63) is 28.5 Å². The molecule has 0 saturated heterocycles. The van der Waals surface area contributed by atoms with E-state index in [4.69, 9.17) is 11.6 Å². The lowest BCUT2D eigenvalue weighted by Crippen LogP contribution is -2.43. The minimum absolute atomic E-state index is 0.248. The predicted octanol–water partition coefficient (Wildman–Crippen LogP) is 1.55. The van der Waals surface area contributed by atoms with Crippen LogP contribution in [-0.2, 0) is 11.2 Å². The van der Waals surface area contributed by atoms with Crippen molar-refractivity contribution < 1.29 is 9.59 Å². The maximum Gasteiger partial charge on any atom is 0.252 e. The number of rotatable bonds is 5. The van der Waals surface area contributed by atoms with Crippen LogP contribution in [0.4, 0.5) is 0 Å². The van der Waals surface area contributed by atoms with Crippen LogP contribution in [-0.4, -0.2) is 29.9 Å². The number of amides is 2. The van der Waals surface area contributed by atoms with Gasteiger partial charge in [0.2, 0.25) is 5.91 Å². The number of aryl methyl sites for hydroxylation is 1. The molecular weight excluding hydrogens is 266 g/mol. The Morgan fingerprint density at radius 3 is 2.68 bits per heavy atom. The van der Waals surface area contributed by atoms with Crippen LogP contribution >= 0.6 is 11.6 Å². The number of nitrogens with zero attached hydrogens (tertiary/aromatic N) is 1. The zero-order chi connectivity index (χ0) is 14.4. The fourth-order valence-corrected chi connectivity index (χ4v) is 1.85. The first-order chi connectivity index (χ1) is 8.97. The van der Waals surface area contributed by atoms with Crippen molar-refractivity contribution in [1.29, 1.82) is 0 Å². The summed E-state index contributed by atoms with van der Waals surface area (Å²) in [6, 6.07) is 2.59. The molecule has 0 spiro atoms. The molecule has 0 bridgehead atoms. The summed E-state index contributed by atoms with van der Waals surface area (Å²) >= 11 is 5.89. The molecule has 0 aliphatic rings. The Bertz CT molecular complexity index is 477. The summed E-state index contributed by atoms with van der Waals surface area (Å²) in [7, 11) is 1.52. The van der Waals surface area contributed by atoms with Crippen LogP contribution in [0.15, 0.2) is 12.1 Å². The highest BCUT2D eigenvalue weighted by Gasteiger charge is 2.16. The third-order valence-corrected chi connectivity index (χ3v) is 2.80. The molecule has 0 radical (unpaired) electrons. The molecule has 1 heterocycles. The van der Waals surface area contributed by atoms with Crippen molar-refractivity contribution >= 4 is 23.4 Å². The van der Waals surface area contributed by atoms with Crippen molar-refractivity contribution in [3.63, 3.8) is 0 Å². The summed E-state index contributed by atoms with van der Waals surface area (Å²) < 4.78 is 0. The monoisotopic (exact) mass is 283 g/mol. The lowest BCUT2D eigenvalue weighted by atomic mass is 10.1. The zero-order valence-electron chi connectivity index (χ0n) is 11.3. The number of aromatic nitrogens is 1. The van der Waals surface area contributed by atoms with Gasteiger partial charge in [0.25, 0.3) is 5.91 Å². The van der Waals surface area contributed by atoms with Gasteiger partial charge in [-0.15, -0.1) is 0 Å². The van der Waals surface area contributed by atoms with Crippen LogP contribution in [0.3, 0.4) is 0 Å². The molecule has 2 N–H and O–H groups in total. The van der Waals surface area contributed by atoms with Gasteiger partial charge in [-0.25, -0.2) is 4.98 Å². The van der Waals surface area contributed by atoms with Gasteiger partial charge in [-0.1, -0.05) is 24.9 Å². The van der Waals surface area contributed by atoms with E-state index in [1.807, 2.05) is 6.92 Å². The summed E-state index contributed by atoms with van der Waals surface area (Å²) in [6.07, 6.45) is 1.68. The summed E-state index contributed by atoms with van der Waals surface area (Å²) in [5.74, 6) is -0.583. The van der Waals surface area contributed by atoms with Gasteiger partial charge in [-0.05, 0) is 25.5 Å². The molecule has 1 unspecified atom stereocenters. The largest absolute Gasteiger partial charge is 0.357 e. The summed E-state index contributed by atoms with van der Waals surface area (Å²) in [5.41, 5.74) is 1.19. The fraction of sp³-hybridized carbons (Fsp3) is 0.462. The smallest absolute Gasteiger partial charge is 0.252 e. The quantitative estimate of drug-likeness (QED) is 0.806. The van der Waals surface area contributed by atoms with Crippen molar-refractivity contribution in [1.82, 2.24) is 15.6 Å². The predicted molar refractivity (Wildman–Crippen MR) is 74.2 cm³/mol. The second kappa shape index (κ2) is 7.09. The molecule has 1 atom stereocenters. The lowest BCUT2D eigenvalue weighted by Gasteiger charge is -2.12. The van der Waals surface area contributed by atoms with E-state index < -0.39 is 6.04 Å². The Kier molecular flexibility index (Phi) is 5.76. The van der Waals surface area contributed by atoms with E-state index in [-0.39, 0.29) is 17.0 Å². The second-order valence-electron chi connectivity index (χ2n) is 4.23. The third kappa shape index (κ3) is 4.52. The van der Waals surface area contributed by atoms with Gasteiger partial charge in [0.15, 0.2) is 0 Å². The molecule has 6 heteroatoms. The second-order valence-corrected chi connectivity index (χ2v) is 4.62. The first kappa shape index (κ1) is 15.4. The number of carbonyl (C=O) groups excluding carboxylic acids is 2. The Balaban J connectivity index is 2.84. The van der Waals surface area contributed by atoms with Crippen LogP contribution in [0.5, 0.6) is 0 Å². The molecule has 0 aromatic carbocycles. The normalized spacial score (nSPS) is 11.8. The van der Waals surface area contributed by atoms with Crippen molar-refractivity contribution in [2.75, 3.05) is 7.05 Å². The maximum absolute atomic E-state index is 12.0. The molecule has 104 valence electrons. The number of carbonyl (C=O) groups is 2. The molecule has 5 nitrogen and oxygen atoms in total. The van der Waals surface area contributed by atoms with Gasteiger partial charge in [-0.2, -0.15) is 0 Å². The number of hydrogen-bond donors (Lipinski definition) is 2. The van der Waals surface area contributed by atoms with E-state index in [9.17, 15) is 9.59 Å². The minimum atomic E-state index is -0.598. The SMILES string of the molecule is CCCc1cc(C(=O)NC(C)C(=O)NC)cc(Cl)n1. The van der Waals surface area contributed by atoms with Crippen molar-refractivity contribution in [3.8, 4) is 0 Å². The van der Waals surface area contributed by atoms with E-state index in [1.165, 1.54) is 13.1 Å². The van der Waals surface area contributed by atoms with Crippen LogP contribution in [0.1, 0.15) is 36.3 Å². The molecule has 0 saturated carbocycles. The molecule has 0 aliphatic heterocycles. The molecule has 0 aliphatic carbocycles. The topological polar surface area (TPSA) is 71.1 Å². The van der Waals surface area contributed by atoms with E-state index in [0.717, 1.165) is 18.5 Å². The number of hydrogen-bond acceptors (Lipinski definition) is 3. The van der Waals surface area contributed by atoms with Gasteiger partial charge in [0.1, 0.15) is 11.2 Å². The average Bonchev–Trinajstić information content (AvgIpc) is 2.37. The molecule has 0 fully saturated rings. The molecular formula is C13H18ClN3O2. The van der Waals surface area contributed by atoms with Crippen LogP contribution < -0.4 is 10.6 Å². The van der Waals surface area contributed by atoms with Gasteiger partial charge in [0, 0.05) is 18.3 Å². The van der Waals surface area contributed by atoms with Crippen LogP contribution in [0.2, 0.25) is 5.15 Å². The van der Waals surface area contributed by atoms with E-state index >= 15 is 0 Å². The molecule has 2 amide bonds.